The molecule has 0 unspecified atom stereocenters. The maximum atomic E-state index is 12.2. The number of ether oxygens (including phenoxy) is 2. The predicted molar refractivity (Wildman–Crippen MR) is 109 cm³/mol. The third kappa shape index (κ3) is 6.77. The van der Waals surface area contributed by atoms with Crippen molar-refractivity contribution in [1.29, 1.82) is 0 Å². The smallest absolute Gasteiger partial charge is 0.240 e. The molecule has 0 spiro atoms. The van der Waals surface area contributed by atoms with Gasteiger partial charge in [-0.3, -0.25) is 9.10 Å². The molecule has 2 rings (SSSR count). The number of aryl methyl sites for hydroxylation is 1. The van der Waals surface area contributed by atoms with E-state index >= 15 is 0 Å². The van der Waals surface area contributed by atoms with E-state index in [-0.39, 0.29) is 19.7 Å². The van der Waals surface area contributed by atoms with Crippen LogP contribution in [0.5, 0.6) is 11.5 Å². The van der Waals surface area contributed by atoms with Crippen molar-refractivity contribution >= 4 is 21.6 Å². The number of carbonyl (C=O) groups is 1. The maximum absolute atomic E-state index is 12.2. The number of benzene rings is 2. The van der Waals surface area contributed by atoms with E-state index in [0.29, 0.717) is 18.0 Å². The number of carbonyl (C=O) groups excluding carboxylic acids is 1. The van der Waals surface area contributed by atoms with Gasteiger partial charge in [0, 0.05) is 0 Å². The summed E-state index contributed by atoms with van der Waals surface area (Å²) >= 11 is 0. The summed E-state index contributed by atoms with van der Waals surface area (Å²) < 4.78 is 36.2. The molecule has 0 heterocycles. The molecule has 0 aliphatic heterocycles. The molecule has 152 valence electrons. The highest BCUT2D eigenvalue weighted by Crippen LogP contribution is 2.21. The lowest BCUT2D eigenvalue weighted by Gasteiger charge is -2.22. The Balaban J connectivity index is 1.90. The van der Waals surface area contributed by atoms with E-state index in [1.807, 2.05) is 38.1 Å². The van der Waals surface area contributed by atoms with E-state index in [1.54, 1.807) is 24.3 Å². The molecule has 0 aliphatic carbocycles. The molecule has 2 aromatic carbocycles. The van der Waals surface area contributed by atoms with Crippen LogP contribution in [0.2, 0.25) is 0 Å². The Hall–Kier alpha value is -2.74. The first-order valence-corrected chi connectivity index (χ1v) is 10.8. The lowest BCUT2D eigenvalue weighted by atomic mass is 10.2. The number of nitrogens with zero attached hydrogens (tertiary/aromatic N) is 1. The van der Waals surface area contributed by atoms with Crippen molar-refractivity contribution in [2.45, 2.75) is 13.8 Å². The van der Waals surface area contributed by atoms with Crippen molar-refractivity contribution in [2.75, 3.05) is 36.9 Å². The van der Waals surface area contributed by atoms with Crippen LogP contribution in [0.3, 0.4) is 0 Å². The summed E-state index contributed by atoms with van der Waals surface area (Å²) in [6, 6.07) is 14.2. The van der Waals surface area contributed by atoms with Gasteiger partial charge in [-0.05, 0) is 55.8 Å². The zero-order valence-electron chi connectivity index (χ0n) is 16.3. The van der Waals surface area contributed by atoms with Crippen LogP contribution in [-0.4, -0.2) is 46.9 Å². The molecule has 1 amide bonds. The standard InChI is InChI=1S/C20H26N2O5S/c1-4-26-18-10-8-17(9-11-18)22(28(3,24)25)15-20(23)21-12-13-27-19-7-5-6-16(2)14-19/h5-11,14H,4,12-13,15H2,1-3H3,(H,21,23). The Morgan fingerprint density at radius 2 is 1.79 bits per heavy atom. The second kappa shape index (κ2) is 9.98. The summed E-state index contributed by atoms with van der Waals surface area (Å²) in [6.07, 6.45) is 1.07. The molecule has 0 atom stereocenters. The fourth-order valence-electron chi connectivity index (χ4n) is 2.53. The summed E-state index contributed by atoms with van der Waals surface area (Å²) in [5.74, 6) is 0.950. The zero-order chi connectivity index (χ0) is 20.6. The van der Waals surface area contributed by atoms with Crippen LogP contribution in [0.15, 0.2) is 48.5 Å². The third-order valence-corrected chi connectivity index (χ3v) is 4.95. The summed E-state index contributed by atoms with van der Waals surface area (Å²) in [7, 11) is -3.62. The summed E-state index contributed by atoms with van der Waals surface area (Å²) in [5.41, 5.74) is 1.48. The highest BCUT2D eigenvalue weighted by molar-refractivity contribution is 7.92. The fraction of sp³-hybridized carbons (Fsp3) is 0.350. The molecule has 0 radical (unpaired) electrons. The van der Waals surface area contributed by atoms with Gasteiger partial charge in [-0.1, -0.05) is 12.1 Å². The van der Waals surface area contributed by atoms with Crippen LogP contribution < -0.4 is 19.1 Å². The molecule has 1 N–H and O–H groups in total. The molecule has 0 saturated carbocycles. The first-order valence-electron chi connectivity index (χ1n) is 8.96. The van der Waals surface area contributed by atoms with Gasteiger partial charge >= 0.3 is 0 Å². The average molecular weight is 407 g/mol. The highest BCUT2D eigenvalue weighted by atomic mass is 32.2. The van der Waals surface area contributed by atoms with Crippen molar-refractivity contribution in [1.82, 2.24) is 5.32 Å². The minimum absolute atomic E-state index is 0.271. The van der Waals surface area contributed by atoms with Crippen molar-refractivity contribution < 1.29 is 22.7 Å². The first kappa shape index (κ1) is 21.6. The van der Waals surface area contributed by atoms with Gasteiger partial charge in [-0.2, -0.15) is 0 Å². The lowest BCUT2D eigenvalue weighted by molar-refractivity contribution is -0.119. The summed E-state index contributed by atoms with van der Waals surface area (Å²) in [5, 5.41) is 2.68. The van der Waals surface area contributed by atoms with Gasteiger partial charge in [-0.25, -0.2) is 8.42 Å². The van der Waals surface area contributed by atoms with Crippen LogP contribution in [0, 0.1) is 6.92 Å². The Morgan fingerprint density at radius 3 is 2.39 bits per heavy atom. The Morgan fingerprint density at radius 1 is 1.07 bits per heavy atom. The number of hydrogen-bond acceptors (Lipinski definition) is 5. The molecule has 0 saturated heterocycles. The van der Waals surface area contributed by atoms with E-state index in [0.717, 1.165) is 21.9 Å². The zero-order valence-corrected chi connectivity index (χ0v) is 17.2. The summed E-state index contributed by atoms with van der Waals surface area (Å²) in [4.78, 5) is 12.2. The number of amides is 1. The molecule has 7 nitrogen and oxygen atoms in total. The van der Waals surface area contributed by atoms with Gasteiger partial charge in [-0.15, -0.1) is 0 Å². The molecule has 0 aliphatic rings. The number of hydrogen-bond donors (Lipinski definition) is 1. The molecule has 0 aromatic heterocycles. The van der Waals surface area contributed by atoms with E-state index < -0.39 is 15.9 Å². The fourth-order valence-corrected chi connectivity index (χ4v) is 3.38. The van der Waals surface area contributed by atoms with E-state index in [2.05, 4.69) is 5.32 Å². The molecule has 8 heteroatoms. The average Bonchev–Trinajstić information content (AvgIpc) is 2.64. The monoisotopic (exact) mass is 406 g/mol. The van der Waals surface area contributed by atoms with Crippen molar-refractivity contribution in [3.05, 3.63) is 54.1 Å². The largest absolute Gasteiger partial charge is 0.494 e. The molecular formula is C20H26N2O5S. The third-order valence-electron chi connectivity index (χ3n) is 3.81. The minimum atomic E-state index is -3.62. The predicted octanol–water partition coefficient (Wildman–Crippen LogP) is 2.35. The van der Waals surface area contributed by atoms with E-state index in [9.17, 15) is 13.2 Å². The number of nitrogens with one attached hydrogen (secondary N) is 1. The SMILES string of the molecule is CCOc1ccc(N(CC(=O)NCCOc2cccc(C)c2)S(C)(=O)=O)cc1. The Kier molecular flexibility index (Phi) is 7.69. The second-order valence-corrected chi connectivity index (χ2v) is 8.12. The molecule has 0 fully saturated rings. The van der Waals surface area contributed by atoms with Crippen LogP contribution >= 0.6 is 0 Å². The van der Waals surface area contributed by atoms with Gasteiger partial charge in [0.25, 0.3) is 0 Å². The van der Waals surface area contributed by atoms with Gasteiger partial charge < -0.3 is 14.8 Å². The topological polar surface area (TPSA) is 84.9 Å². The van der Waals surface area contributed by atoms with Crippen molar-refractivity contribution in [3.63, 3.8) is 0 Å². The number of sulfonamides is 1. The van der Waals surface area contributed by atoms with E-state index in [1.165, 1.54) is 0 Å². The number of anilines is 1. The maximum Gasteiger partial charge on any atom is 0.240 e. The molecule has 28 heavy (non-hydrogen) atoms. The van der Waals surface area contributed by atoms with Crippen LogP contribution in [0.25, 0.3) is 0 Å². The van der Waals surface area contributed by atoms with Crippen molar-refractivity contribution in [2.24, 2.45) is 0 Å². The lowest BCUT2D eigenvalue weighted by Crippen LogP contribution is -2.41. The Bertz CT molecular complexity index is 882. The molecular weight excluding hydrogens is 380 g/mol. The quantitative estimate of drug-likeness (QED) is 0.612. The Labute approximate surface area is 166 Å². The van der Waals surface area contributed by atoms with Crippen LogP contribution in [0.4, 0.5) is 5.69 Å². The molecule has 2 aromatic rings. The highest BCUT2D eigenvalue weighted by Gasteiger charge is 2.20. The van der Waals surface area contributed by atoms with Crippen molar-refractivity contribution in [3.8, 4) is 11.5 Å². The van der Waals surface area contributed by atoms with Gasteiger partial charge in [0.2, 0.25) is 15.9 Å². The summed E-state index contributed by atoms with van der Waals surface area (Å²) in [6.45, 7) is 4.60. The van der Waals surface area contributed by atoms with E-state index in [4.69, 9.17) is 9.47 Å². The number of rotatable bonds is 10. The van der Waals surface area contributed by atoms with Crippen LogP contribution in [0.1, 0.15) is 12.5 Å². The van der Waals surface area contributed by atoms with Crippen LogP contribution in [-0.2, 0) is 14.8 Å². The normalized spacial score (nSPS) is 11.0. The second-order valence-electron chi connectivity index (χ2n) is 6.21. The minimum Gasteiger partial charge on any atom is -0.494 e. The van der Waals surface area contributed by atoms with Gasteiger partial charge in [0.1, 0.15) is 24.7 Å². The van der Waals surface area contributed by atoms with Gasteiger partial charge in [0.15, 0.2) is 0 Å². The first-order chi connectivity index (χ1) is 13.3. The van der Waals surface area contributed by atoms with Gasteiger partial charge in [0.05, 0.1) is 25.1 Å². The molecule has 0 bridgehead atoms.